The molecular weight excluding hydrogens is 180 g/mol. The summed E-state index contributed by atoms with van der Waals surface area (Å²) in [5.41, 5.74) is 5.40. The summed E-state index contributed by atoms with van der Waals surface area (Å²) >= 11 is 0. The van der Waals surface area contributed by atoms with Gasteiger partial charge in [0.05, 0.1) is 0 Å². The maximum absolute atomic E-state index is 3.88. The van der Waals surface area contributed by atoms with Crippen LogP contribution >= 0.6 is 0 Å². The van der Waals surface area contributed by atoms with Gasteiger partial charge in [-0.3, -0.25) is 0 Å². The predicted octanol–water partition coefficient (Wildman–Crippen LogP) is 4.71. The number of aryl methyl sites for hydroxylation is 1. The third kappa shape index (κ3) is 2.59. The summed E-state index contributed by atoms with van der Waals surface area (Å²) < 4.78 is 0. The van der Waals surface area contributed by atoms with E-state index in [0.717, 1.165) is 6.42 Å². The van der Waals surface area contributed by atoms with Crippen molar-refractivity contribution in [2.75, 3.05) is 0 Å². The zero-order valence-corrected chi connectivity index (χ0v) is 10.0. The van der Waals surface area contributed by atoms with Gasteiger partial charge < -0.3 is 0 Å². The fraction of sp³-hybridized carbons (Fsp3) is 0.333. The highest BCUT2D eigenvalue weighted by molar-refractivity contribution is 5.75. The highest BCUT2D eigenvalue weighted by atomic mass is 14.1. The Hall–Kier alpha value is -1.30. The first kappa shape index (κ1) is 11.8. The molecule has 0 radical (unpaired) electrons. The Morgan fingerprint density at radius 3 is 2.67 bits per heavy atom. The Morgan fingerprint density at radius 1 is 1.40 bits per heavy atom. The fourth-order valence-electron chi connectivity index (χ4n) is 1.89. The van der Waals surface area contributed by atoms with Gasteiger partial charge in [-0.05, 0) is 42.5 Å². The molecule has 0 saturated heterocycles. The quantitative estimate of drug-likeness (QED) is 0.660. The van der Waals surface area contributed by atoms with E-state index in [2.05, 4.69) is 51.6 Å². The summed E-state index contributed by atoms with van der Waals surface area (Å²) in [7, 11) is 0. The van der Waals surface area contributed by atoms with Gasteiger partial charge in [-0.2, -0.15) is 0 Å². The minimum Gasteiger partial charge on any atom is -0.0984 e. The summed E-state index contributed by atoms with van der Waals surface area (Å²) in [5.74, 6) is 0. The van der Waals surface area contributed by atoms with E-state index in [0.29, 0.717) is 0 Å². The lowest BCUT2D eigenvalue weighted by atomic mass is 9.92. The summed E-state index contributed by atoms with van der Waals surface area (Å²) in [5, 5.41) is 0. The molecule has 0 aliphatic rings. The summed E-state index contributed by atoms with van der Waals surface area (Å²) in [4.78, 5) is 0. The zero-order valence-electron chi connectivity index (χ0n) is 10.0. The largest absolute Gasteiger partial charge is 0.0984 e. The van der Waals surface area contributed by atoms with Crippen molar-refractivity contribution in [3.63, 3.8) is 0 Å². The van der Waals surface area contributed by atoms with Crippen molar-refractivity contribution in [2.24, 2.45) is 0 Å². The fourth-order valence-corrected chi connectivity index (χ4v) is 1.89. The van der Waals surface area contributed by atoms with Crippen molar-refractivity contribution in [2.45, 2.75) is 33.6 Å². The molecule has 0 spiro atoms. The van der Waals surface area contributed by atoms with Gasteiger partial charge in [0.15, 0.2) is 0 Å². The van der Waals surface area contributed by atoms with E-state index in [1.54, 1.807) is 0 Å². The number of hydrogen-bond acceptors (Lipinski definition) is 0. The van der Waals surface area contributed by atoms with E-state index in [4.69, 9.17) is 0 Å². The topological polar surface area (TPSA) is 0 Å². The van der Waals surface area contributed by atoms with Crippen LogP contribution < -0.4 is 0 Å². The van der Waals surface area contributed by atoms with E-state index in [1.807, 2.05) is 6.08 Å². The molecule has 0 fully saturated rings. The van der Waals surface area contributed by atoms with E-state index in [1.165, 1.54) is 28.7 Å². The third-order valence-electron chi connectivity index (χ3n) is 2.75. The summed E-state index contributed by atoms with van der Waals surface area (Å²) in [6, 6.07) is 6.47. The van der Waals surface area contributed by atoms with E-state index < -0.39 is 0 Å². The molecule has 1 aromatic rings. The van der Waals surface area contributed by atoms with Crippen LogP contribution in [0.5, 0.6) is 0 Å². The average molecular weight is 200 g/mol. The van der Waals surface area contributed by atoms with Crippen LogP contribution in [0.15, 0.2) is 30.9 Å². The second-order valence-corrected chi connectivity index (χ2v) is 3.81. The molecule has 0 saturated carbocycles. The molecule has 0 heterocycles. The molecule has 0 aliphatic heterocycles. The minimum atomic E-state index is 1.14. The average Bonchev–Trinajstić information content (AvgIpc) is 2.28. The summed E-state index contributed by atoms with van der Waals surface area (Å²) in [6.07, 6.45) is 6.44. The first-order valence-electron chi connectivity index (χ1n) is 5.62. The van der Waals surface area contributed by atoms with Crippen molar-refractivity contribution in [3.05, 3.63) is 47.5 Å². The lowest BCUT2D eigenvalue weighted by Gasteiger charge is -2.12. The Labute approximate surface area is 93.3 Å². The van der Waals surface area contributed by atoms with E-state index in [-0.39, 0.29) is 0 Å². The second-order valence-electron chi connectivity index (χ2n) is 3.81. The molecule has 1 aromatic carbocycles. The Morgan fingerprint density at radius 2 is 2.13 bits per heavy atom. The Bertz CT molecular complexity index is 370. The van der Waals surface area contributed by atoms with Gasteiger partial charge in [0.25, 0.3) is 0 Å². The smallest absolute Gasteiger partial charge is 0.0126 e. The van der Waals surface area contributed by atoms with Gasteiger partial charge in [0.1, 0.15) is 0 Å². The third-order valence-corrected chi connectivity index (χ3v) is 2.75. The highest BCUT2D eigenvalue weighted by Gasteiger charge is 2.06. The molecule has 0 heteroatoms. The zero-order chi connectivity index (χ0) is 11.3. The van der Waals surface area contributed by atoms with E-state index in [9.17, 15) is 0 Å². The number of rotatable bonds is 4. The van der Waals surface area contributed by atoms with Crippen LogP contribution in [0.4, 0.5) is 0 Å². The van der Waals surface area contributed by atoms with Gasteiger partial charge in [0.2, 0.25) is 0 Å². The van der Waals surface area contributed by atoms with Gasteiger partial charge in [-0.1, -0.05) is 50.3 Å². The molecule has 0 atom stereocenters. The first-order valence-corrected chi connectivity index (χ1v) is 5.62. The van der Waals surface area contributed by atoms with Crippen molar-refractivity contribution in [3.8, 4) is 0 Å². The molecule has 0 amide bonds. The molecular formula is C15H20. The molecule has 0 aromatic heterocycles. The maximum atomic E-state index is 3.88. The van der Waals surface area contributed by atoms with Gasteiger partial charge in [-0.25, -0.2) is 0 Å². The van der Waals surface area contributed by atoms with Gasteiger partial charge in [0, 0.05) is 0 Å². The van der Waals surface area contributed by atoms with Crippen molar-refractivity contribution < 1.29 is 0 Å². The van der Waals surface area contributed by atoms with Crippen molar-refractivity contribution >= 4 is 11.6 Å². The minimum absolute atomic E-state index is 1.14. The lowest BCUT2D eigenvalue weighted by Crippen LogP contribution is -1.94. The predicted molar refractivity (Wildman–Crippen MR) is 69.9 cm³/mol. The van der Waals surface area contributed by atoms with Crippen LogP contribution in [0.25, 0.3) is 11.6 Å². The maximum Gasteiger partial charge on any atom is -0.0126 e. The lowest BCUT2D eigenvalue weighted by molar-refractivity contribution is 0.917. The van der Waals surface area contributed by atoms with Crippen molar-refractivity contribution in [1.82, 2.24) is 0 Å². The molecule has 0 N–H and O–H groups in total. The van der Waals surface area contributed by atoms with Crippen LogP contribution in [-0.4, -0.2) is 0 Å². The van der Waals surface area contributed by atoms with Crippen LogP contribution in [0.3, 0.4) is 0 Å². The van der Waals surface area contributed by atoms with Crippen LogP contribution in [0.2, 0.25) is 0 Å². The Balaban J connectivity index is 3.33. The SMILES string of the molecule is C=Cc1cccc(CCC)c1/C(C)=C\C. The number of allylic oxidation sites excluding steroid dienone is 2. The first-order chi connectivity index (χ1) is 7.24. The molecule has 0 unspecified atom stereocenters. The highest BCUT2D eigenvalue weighted by Crippen LogP contribution is 2.25. The van der Waals surface area contributed by atoms with Gasteiger partial charge in [-0.15, -0.1) is 0 Å². The molecule has 0 nitrogen and oxygen atoms in total. The number of hydrogen-bond donors (Lipinski definition) is 0. The molecule has 0 bridgehead atoms. The number of benzene rings is 1. The monoisotopic (exact) mass is 200 g/mol. The normalized spacial score (nSPS) is 11.5. The molecule has 0 aliphatic carbocycles. The van der Waals surface area contributed by atoms with Crippen LogP contribution in [0, 0.1) is 0 Å². The molecule has 1 rings (SSSR count). The molecule has 15 heavy (non-hydrogen) atoms. The standard InChI is InChI=1S/C15H20/c1-5-9-14-11-8-10-13(7-3)15(14)12(4)6-2/h6-8,10-11H,3,5,9H2,1-2,4H3/b12-6-. The summed E-state index contributed by atoms with van der Waals surface area (Å²) in [6.45, 7) is 10.4. The Kier molecular flexibility index (Phi) is 4.36. The van der Waals surface area contributed by atoms with E-state index >= 15 is 0 Å². The molecule has 80 valence electrons. The van der Waals surface area contributed by atoms with Crippen molar-refractivity contribution in [1.29, 1.82) is 0 Å². The van der Waals surface area contributed by atoms with Crippen LogP contribution in [-0.2, 0) is 6.42 Å². The second kappa shape index (κ2) is 5.55. The van der Waals surface area contributed by atoms with Crippen LogP contribution in [0.1, 0.15) is 43.9 Å². The van der Waals surface area contributed by atoms with Gasteiger partial charge >= 0.3 is 0 Å².